The predicted octanol–water partition coefficient (Wildman–Crippen LogP) is 2.42. The van der Waals surface area contributed by atoms with Crippen LogP contribution in [0.4, 0.5) is 0 Å². The molecule has 1 aliphatic heterocycles. The van der Waals surface area contributed by atoms with Crippen LogP contribution in [0.2, 0.25) is 0 Å². The highest BCUT2D eigenvalue weighted by atomic mass is 16.5. The van der Waals surface area contributed by atoms with E-state index in [-0.39, 0.29) is 12.1 Å². The van der Waals surface area contributed by atoms with Crippen LogP contribution in [0.3, 0.4) is 0 Å². The molecule has 2 unspecified atom stereocenters. The zero-order valence-corrected chi connectivity index (χ0v) is 9.99. The molecular formula is C12H25NO. The van der Waals surface area contributed by atoms with Crippen LogP contribution in [0.15, 0.2) is 0 Å². The number of hydrogen-bond donors (Lipinski definition) is 1. The van der Waals surface area contributed by atoms with Gasteiger partial charge in [-0.25, -0.2) is 0 Å². The van der Waals surface area contributed by atoms with Gasteiger partial charge in [0.1, 0.15) is 0 Å². The molecular weight excluding hydrogens is 174 g/mol. The smallest absolute Gasteiger partial charge is 0.0758 e. The number of ether oxygens (including phenoxy) is 1. The maximum Gasteiger partial charge on any atom is 0.0758 e. The molecule has 0 saturated carbocycles. The molecule has 0 aromatic rings. The van der Waals surface area contributed by atoms with E-state index >= 15 is 0 Å². The first-order valence-corrected chi connectivity index (χ1v) is 5.91. The minimum absolute atomic E-state index is 0.249. The summed E-state index contributed by atoms with van der Waals surface area (Å²) < 4.78 is 5.85. The quantitative estimate of drug-likeness (QED) is 0.757. The molecule has 1 rings (SSSR count). The van der Waals surface area contributed by atoms with Gasteiger partial charge in [-0.05, 0) is 30.6 Å². The Morgan fingerprint density at radius 1 is 1.14 bits per heavy atom. The molecule has 0 amide bonds. The summed E-state index contributed by atoms with van der Waals surface area (Å²) in [4.78, 5) is 0. The molecule has 0 aromatic carbocycles. The van der Waals surface area contributed by atoms with E-state index in [9.17, 15) is 0 Å². The van der Waals surface area contributed by atoms with Crippen LogP contribution in [-0.2, 0) is 4.74 Å². The summed E-state index contributed by atoms with van der Waals surface area (Å²) in [5.74, 6) is 1.92. The van der Waals surface area contributed by atoms with Gasteiger partial charge < -0.3 is 10.5 Å². The third kappa shape index (κ3) is 2.71. The highest BCUT2D eigenvalue weighted by Crippen LogP contribution is 2.30. The lowest BCUT2D eigenvalue weighted by Gasteiger charge is -2.39. The Morgan fingerprint density at radius 3 is 2.14 bits per heavy atom. The fourth-order valence-electron chi connectivity index (χ4n) is 2.75. The van der Waals surface area contributed by atoms with Gasteiger partial charge in [-0.3, -0.25) is 0 Å². The van der Waals surface area contributed by atoms with E-state index in [0.717, 1.165) is 19.4 Å². The second kappa shape index (κ2) is 5.13. The topological polar surface area (TPSA) is 35.2 Å². The fourth-order valence-corrected chi connectivity index (χ4v) is 2.75. The van der Waals surface area contributed by atoms with Crippen molar-refractivity contribution >= 4 is 0 Å². The van der Waals surface area contributed by atoms with Crippen molar-refractivity contribution in [1.82, 2.24) is 0 Å². The maximum atomic E-state index is 6.13. The van der Waals surface area contributed by atoms with Gasteiger partial charge in [0, 0.05) is 12.6 Å². The normalized spacial score (nSPS) is 29.1. The van der Waals surface area contributed by atoms with Crippen LogP contribution in [-0.4, -0.2) is 18.8 Å². The molecule has 1 aliphatic rings. The Morgan fingerprint density at radius 2 is 1.71 bits per heavy atom. The van der Waals surface area contributed by atoms with E-state index in [2.05, 4.69) is 27.7 Å². The highest BCUT2D eigenvalue weighted by molar-refractivity contribution is 4.86. The van der Waals surface area contributed by atoms with Gasteiger partial charge in [0.05, 0.1) is 6.10 Å². The Hall–Kier alpha value is -0.0800. The van der Waals surface area contributed by atoms with Gasteiger partial charge in [0.2, 0.25) is 0 Å². The fraction of sp³-hybridized carbons (Fsp3) is 1.00. The van der Waals surface area contributed by atoms with Crippen molar-refractivity contribution in [2.45, 2.75) is 52.7 Å². The summed E-state index contributed by atoms with van der Waals surface area (Å²) >= 11 is 0. The second-order valence-electron chi connectivity index (χ2n) is 5.21. The first-order valence-electron chi connectivity index (χ1n) is 5.91. The molecule has 14 heavy (non-hydrogen) atoms. The van der Waals surface area contributed by atoms with E-state index in [0.29, 0.717) is 17.8 Å². The predicted molar refractivity (Wildman–Crippen MR) is 60.1 cm³/mol. The summed E-state index contributed by atoms with van der Waals surface area (Å²) in [5.41, 5.74) is 6.13. The number of rotatable bonds is 3. The third-order valence-electron chi connectivity index (χ3n) is 3.33. The largest absolute Gasteiger partial charge is 0.376 e. The average molecular weight is 199 g/mol. The molecule has 84 valence electrons. The highest BCUT2D eigenvalue weighted by Gasteiger charge is 2.34. The van der Waals surface area contributed by atoms with Gasteiger partial charge in [-0.1, -0.05) is 27.7 Å². The molecule has 2 atom stereocenters. The van der Waals surface area contributed by atoms with Crippen LogP contribution in [0, 0.1) is 17.8 Å². The molecule has 1 heterocycles. The molecule has 1 fully saturated rings. The standard InChI is InChI=1S/C12H25NO/c1-8(2)11(9(3)4)12-10(13)6-5-7-14-12/h8-12H,5-7,13H2,1-4H3. The zero-order chi connectivity index (χ0) is 10.7. The van der Waals surface area contributed by atoms with Crippen molar-refractivity contribution in [1.29, 1.82) is 0 Å². The molecule has 1 saturated heterocycles. The molecule has 2 nitrogen and oxygen atoms in total. The van der Waals surface area contributed by atoms with Gasteiger partial charge in [-0.2, -0.15) is 0 Å². The minimum atomic E-state index is 0.249. The number of hydrogen-bond acceptors (Lipinski definition) is 2. The van der Waals surface area contributed by atoms with Crippen molar-refractivity contribution in [3.8, 4) is 0 Å². The minimum Gasteiger partial charge on any atom is -0.376 e. The van der Waals surface area contributed by atoms with Gasteiger partial charge in [-0.15, -0.1) is 0 Å². The first-order chi connectivity index (χ1) is 6.54. The van der Waals surface area contributed by atoms with E-state index < -0.39 is 0 Å². The summed E-state index contributed by atoms with van der Waals surface area (Å²) in [5, 5.41) is 0. The van der Waals surface area contributed by atoms with Crippen LogP contribution in [0.25, 0.3) is 0 Å². The van der Waals surface area contributed by atoms with E-state index in [4.69, 9.17) is 10.5 Å². The summed E-state index contributed by atoms with van der Waals surface area (Å²) in [6, 6.07) is 0.249. The average Bonchev–Trinajstić information content (AvgIpc) is 2.07. The molecule has 0 aromatic heterocycles. The lowest BCUT2D eigenvalue weighted by Crippen LogP contribution is -2.48. The zero-order valence-electron chi connectivity index (χ0n) is 9.99. The second-order valence-corrected chi connectivity index (χ2v) is 5.21. The van der Waals surface area contributed by atoms with Crippen molar-refractivity contribution in [2.75, 3.05) is 6.61 Å². The molecule has 2 heteroatoms. The van der Waals surface area contributed by atoms with E-state index in [1.54, 1.807) is 0 Å². The summed E-state index contributed by atoms with van der Waals surface area (Å²) in [7, 11) is 0. The first kappa shape index (κ1) is 12.0. The SMILES string of the molecule is CC(C)C(C(C)C)C1OCCCC1N. The maximum absolute atomic E-state index is 6.13. The Bertz CT molecular complexity index is 160. The molecule has 2 N–H and O–H groups in total. The lowest BCUT2D eigenvalue weighted by atomic mass is 9.77. The Labute approximate surface area is 88.2 Å². The molecule has 0 bridgehead atoms. The van der Waals surface area contributed by atoms with E-state index in [1.165, 1.54) is 0 Å². The van der Waals surface area contributed by atoms with Crippen molar-refractivity contribution in [3.05, 3.63) is 0 Å². The lowest BCUT2D eigenvalue weighted by molar-refractivity contribution is -0.0595. The monoisotopic (exact) mass is 199 g/mol. The van der Waals surface area contributed by atoms with Crippen molar-refractivity contribution in [3.63, 3.8) is 0 Å². The van der Waals surface area contributed by atoms with E-state index in [1.807, 2.05) is 0 Å². The van der Waals surface area contributed by atoms with Crippen molar-refractivity contribution < 1.29 is 4.74 Å². The van der Waals surface area contributed by atoms with Crippen LogP contribution >= 0.6 is 0 Å². The van der Waals surface area contributed by atoms with Gasteiger partial charge in [0.15, 0.2) is 0 Å². The molecule has 0 aliphatic carbocycles. The van der Waals surface area contributed by atoms with Crippen LogP contribution < -0.4 is 5.73 Å². The third-order valence-corrected chi connectivity index (χ3v) is 3.33. The number of nitrogens with two attached hydrogens (primary N) is 1. The molecule has 0 radical (unpaired) electrons. The molecule has 0 spiro atoms. The van der Waals surface area contributed by atoms with Crippen molar-refractivity contribution in [2.24, 2.45) is 23.5 Å². The Kier molecular flexibility index (Phi) is 4.39. The Balaban J connectivity index is 2.65. The summed E-state index contributed by atoms with van der Waals surface area (Å²) in [6.45, 7) is 9.99. The summed E-state index contributed by atoms with van der Waals surface area (Å²) in [6.07, 6.45) is 2.53. The van der Waals surface area contributed by atoms with Gasteiger partial charge >= 0.3 is 0 Å². The van der Waals surface area contributed by atoms with Gasteiger partial charge in [0.25, 0.3) is 0 Å². The van der Waals surface area contributed by atoms with Crippen LogP contribution in [0.5, 0.6) is 0 Å². The van der Waals surface area contributed by atoms with Crippen LogP contribution in [0.1, 0.15) is 40.5 Å².